The van der Waals surface area contributed by atoms with Gasteiger partial charge in [0.1, 0.15) is 23.8 Å². The number of amides is 2. The first kappa shape index (κ1) is 25.3. The van der Waals surface area contributed by atoms with E-state index in [4.69, 9.17) is 9.47 Å². The van der Waals surface area contributed by atoms with Gasteiger partial charge in [-0.2, -0.15) is 0 Å². The Morgan fingerprint density at radius 3 is 2.81 bits per heavy atom. The standard InChI is InChI=1S/C24H27FN4O7/c1-13(30)35-12-16-6-7-18(31)29(16)17-10-15(25)5-4-14(17)11-26-21(33)19-20(32)22(34)28-8-9-36-24(2,3)23(28)27-19/h4-5,10,16,32H,6-9,11-12H2,1-3H3,(H,26,33)/t16-/m0/s1. The van der Waals surface area contributed by atoms with Crippen molar-refractivity contribution in [2.45, 2.75) is 58.3 Å². The minimum Gasteiger partial charge on any atom is -0.501 e. The van der Waals surface area contributed by atoms with Gasteiger partial charge in [-0.05, 0) is 38.0 Å². The lowest BCUT2D eigenvalue weighted by atomic mass is 10.1. The molecule has 12 heteroatoms. The largest absolute Gasteiger partial charge is 0.501 e. The third-order valence-electron chi connectivity index (χ3n) is 6.23. The minimum atomic E-state index is -0.947. The molecule has 1 atom stereocenters. The maximum Gasteiger partial charge on any atom is 0.302 e. The topological polar surface area (TPSA) is 140 Å². The molecule has 2 N–H and O–H groups in total. The summed E-state index contributed by atoms with van der Waals surface area (Å²) in [5, 5.41) is 13.0. The van der Waals surface area contributed by atoms with Gasteiger partial charge in [0.15, 0.2) is 5.69 Å². The Kier molecular flexibility index (Phi) is 6.81. The summed E-state index contributed by atoms with van der Waals surface area (Å²) in [6, 6.07) is 3.30. The third-order valence-corrected chi connectivity index (χ3v) is 6.23. The highest BCUT2D eigenvalue weighted by Gasteiger charge is 2.36. The van der Waals surface area contributed by atoms with Crippen LogP contribution in [0.2, 0.25) is 0 Å². The van der Waals surface area contributed by atoms with Crippen LogP contribution in [0.15, 0.2) is 23.0 Å². The average molecular weight is 502 g/mol. The number of aromatic hydroxyl groups is 1. The van der Waals surface area contributed by atoms with E-state index in [-0.39, 0.29) is 50.1 Å². The molecule has 3 heterocycles. The molecule has 1 saturated heterocycles. The summed E-state index contributed by atoms with van der Waals surface area (Å²) in [4.78, 5) is 55.1. The van der Waals surface area contributed by atoms with Gasteiger partial charge >= 0.3 is 5.97 Å². The van der Waals surface area contributed by atoms with Crippen LogP contribution in [0.3, 0.4) is 0 Å². The molecule has 0 aliphatic carbocycles. The van der Waals surface area contributed by atoms with Crippen molar-refractivity contribution in [2.24, 2.45) is 0 Å². The smallest absolute Gasteiger partial charge is 0.302 e. The molecule has 11 nitrogen and oxygen atoms in total. The van der Waals surface area contributed by atoms with Gasteiger partial charge in [-0.15, -0.1) is 0 Å². The number of hydrogen-bond donors (Lipinski definition) is 2. The minimum absolute atomic E-state index is 0.0435. The van der Waals surface area contributed by atoms with E-state index < -0.39 is 46.3 Å². The van der Waals surface area contributed by atoms with Crippen LogP contribution in [-0.2, 0) is 37.8 Å². The molecule has 0 radical (unpaired) electrons. The first-order valence-electron chi connectivity index (χ1n) is 11.5. The maximum absolute atomic E-state index is 14.2. The van der Waals surface area contributed by atoms with E-state index in [1.54, 1.807) is 13.8 Å². The van der Waals surface area contributed by atoms with Crippen molar-refractivity contribution in [2.75, 3.05) is 18.1 Å². The van der Waals surface area contributed by atoms with Crippen molar-refractivity contribution in [3.63, 3.8) is 0 Å². The molecule has 0 bridgehead atoms. The highest BCUT2D eigenvalue weighted by molar-refractivity contribution is 5.97. The number of fused-ring (bicyclic) bond motifs is 1. The Labute approximate surface area is 205 Å². The van der Waals surface area contributed by atoms with Crippen molar-refractivity contribution in [1.29, 1.82) is 0 Å². The predicted molar refractivity (Wildman–Crippen MR) is 124 cm³/mol. The van der Waals surface area contributed by atoms with Gasteiger partial charge in [-0.25, -0.2) is 9.37 Å². The summed E-state index contributed by atoms with van der Waals surface area (Å²) in [7, 11) is 0. The van der Waals surface area contributed by atoms with Gasteiger partial charge in [-0.3, -0.25) is 23.7 Å². The van der Waals surface area contributed by atoms with Crippen LogP contribution in [0.25, 0.3) is 0 Å². The van der Waals surface area contributed by atoms with Crippen LogP contribution in [0, 0.1) is 5.82 Å². The van der Waals surface area contributed by atoms with Crippen LogP contribution in [-0.4, -0.2) is 51.7 Å². The number of aromatic nitrogens is 2. The second-order valence-corrected chi connectivity index (χ2v) is 9.16. The number of esters is 1. The molecule has 0 unspecified atom stereocenters. The van der Waals surface area contributed by atoms with Crippen LogP contribution in [0.1, 0.15) is 55.5 Å². The van der Waals surface area contributed by atoms with Crippen molar-refractivity contribution in [3.8, 4) is 5.75 Å². The number of nitrogens with zero attached hydrogens (tertiary/aromatic N) is 3. The lowest BCUT2D eigenvalue weighted by Crippen LogP contribution is -2.42. The molecule has 1 aromatic heterocycles. The molecule has 2 aliphatic heterocycles. The fourth-order valence-corrected chi connectivity index (χ4v) is 4.44. The zero-order chi connectivity index (χ0) is 26.2. The number of carbonyl (C=O) groups is 3. The Morgan fingerprint density at radius 1 is 1.33 bits per heavy atom. The first-order chi connectivity index (χ1) is 17.0. The molecular weight excluding hydrogens is 475 g/mol. The van der Waals surface area contributed by atoms with E-state index in [0.29, 0.717) is 12.0 Å². The molecule has 2 amide bonds. The van der Waals surface area contributed by atoms with Crippen molar-refractivity contribution in [3.05, 3.63) is 51.5 Å². The number of hydrogen-bond acceptors (Lipinski definition) is 8. The van der Waals surface area contributed by atoms with E-state index >= 15 is 0 Å². The number of anilines is 1. The fourth-order valence-electron chi connectivity index (χ4n) is 4.44. The highest BCUT2D eigenvalue weighted by Crippen LogP contribution is 2.31. The second-order valence-electron chi connectivity index (χ2n) is 9.16. The molecule has 36 heavy (non-hydrogen) atoms. The lowest BCUT2D eigenvalue weighted by Gasteiger charge is -2.32. The van der Waals surface area contributed by atoms with Crippen LogP contribution in [0.5, 0.6) is 5.75 Å². The van der Waals surface area contributed by atoms with E-state index in [2.05, 4.69) is 10.3 Å². The van der Waals surface area contributed by atoms with Crippen LogP contribution < -0.4 is 15.8 Å². The highest BCUT2D eigenvalue weighted by atomic mass is 19.1. The number of benzene rings is 1. The molecule has 1 aromatic carbocycles. The van der Waals surface area contributed by atoms with Gasteiger partial charge in [0.05, 0.1) is 24.9 Å². The van der Waals surface area contributed by atoms with Crippen LogP contribution >= 0.6 is 0 Å². The van der Waals surface area contributed by atoms with E-state index in [0.717, 1.165) is 0 Å². The summed E-state index contributed by atoms with van der Waals surface area (Å²) in [6.45, 7) is 4.91. The Hall–Kier alpha value is -3.80. The van der Waals surface area contributed by atoms with Gasteiger partial charge in [0, 0.05) is 19.9 Å². The predicted octanol–water partition coefficient (Wildman–Crippen LogP) is 1.34. The Bertz CT molecular complexity index is 1290. The first-order valence-corrected chi connectivity index (χ1v) is 11.5. The van der Waals surface area contributed by atoms with E-state index in [1.165, 1.54) is 34.6 Å². The number of nitrogens with one attached hydrogen (secondary N) is 1. The third kappa shape index (κ3) is 4.81. The summed E-state index contributed by atoms with van der Waals surface area (Å²) in [5.74, 6) is -2.76. The van der Waals surface area contributed by atoms with Crippen molar-refractivity contribution >= 4 is 23.5 Å². The number of rotatable bonds is 6. The van der Waals surface area contributed by atoms with Crippen molar-refractivity contribution in [1.82, 2.24) is 14.9 Å². The summed E-state index contributed by atoms with van der Waals surface area (Å²) in [6.07, 6.45) is 0.617. The molecule has 0 spiro atoms. The van der Waals surface area contributed by atoms with Gasteiger partial charge in [0.25, 0.3) is 11.5 Å². The molecule has 0 saturated carbocycles. The molecule has 4 rings (SSSR count). The average Bonchev–Trinajstić information content (AvgIpc) is 3.19. The Morgan fingerprint density at radius 2 is 2.08 bits per heavy atom. The van der Waals surface area contributed by atoms with Gasteiger partial charge in [0.2, 0.25) is 11.7 Å². The van der Waals surface area contributed by atoms with Gasteiger partial charge in [-0.1, -0.05) is 6.07 Å². The van der Waals surface area contributed by atoms with E-state index in [9.17, 15) is 28.7 Å². The van der Waals surface area contributed by atoms with Gasteiger partial charge < -0.3 is 24.8 Å². The quantitative estimate of drug-likeness (QED) is 0.564. The number of carbonyl (C=O) groups excluding carboxylic acids is 3. The summed E-state index contributed by atoms with van der Waals surface area (Å²) < 4.78 is 26.1. The molecule has 1 fully saturated rings. The normalized spacial score (nSPS) is 18.6. The number of ether oxygens (including phenoxy) is 2. The van der Waals surface area contributed by atoms with Crippen LogP contribution in [0.4, 0.5) is 10.1 Å². The molecule has 2 aliphatic rings. The monoisotopic (exact) mass is 502 g/mol. The zero-order valence-electron chi connectivity index (χ0n) is 20.2. The Balaban J connectivity index is 1.60. The molecule has 192 valence electrons. The lowest BCUT2D eigenvalue weighted by molar-refractivity contribution is -0.141. The second kappa shape index (κ2) is 9.69. The van der Waals surface area contributed by atoms with Crippen molar-refractivity contribution < 1.29 is 33.4 Å². The fraction of sp³-hybridized carbons (Fsp3) is 0.458. The zero-order valence-corrected chi connectivity index (χ0v) is 20.2. The SMILES string of the molecule is CC(=O)OC[C@@H]1CCC(=O)N1c1cc(F)ccc1CNC(=O)c1nc2n(c(=O)c1O)CCOC2(C)C. The van der Waals surface area contributed by atoms with E-state index in [1.807, 2.05) is 0 Å². The number of halogens is 1. The maximum atomic E-state index is 14.2. The molecular formula is C24H27FN4O7. The summed E-state index contributed by atoms with van der Waals surface area (Å²) in [5.41, 5.74) is -1.52. The summed E-state index contributed by atoms with van der Waals surface area (Å²) >= 11 is 0. The molecule has 2 aromatic rings.